The molecule has 1 N–H and O–H groups in total. The average molecular weight is 295 g/mol. The summed E-state index contributed by atoms with van der Waals surface area (Å²) >= 11 is 0. The van der Waals surface area contributed by atoms with Crippen LogP contribution in [-0.4, -0.2) is 5.91 Å². The molecule has 0 saturated heterocycles. The normalized spacial score (nSPS) is 14.7. The second-order valence-electron chi connectivity index (χ2n) is 5.77. The molecule has 0 atom stereocenters. The van der Waals surface area contributed by atoms with Gasteiger partial charge in [-0.2, -0.15) is 0 Å². The zero-order chi connectivity index (χ0) is 15.2. The van der Waals surface area contributed by atoms with E-state index in [2.05, 4.69) is 5.32 Å². The number of hydrogen-bond donors (Lipinski definition) is 1. The van der Waals surface area contributed by atoms with E-state index in [0.717, 1.165) is 42.7 Å². The van der Waals surface area contributed by atoms with Gasteiger partial charge in [-0.15, -0.1) is 0 Å². The van der Waals surface area contributed by atoms with Gasteiger partial charge in [-0.3, -0.25) is 4.79 Å². The molecular formula is C19H21NO2. The molecule has 0 aromatic heterocycles. The molecule has 0 aliphatic heterocycles. The Bertz CT molecular complexity index is 618. The van der Waals surface area contributed by atoms with Gasteiger partial charge in [0.05, 0.1) is 0 Å². The lowest BCUT2D eigenvalue weighted by Gasteiger charge is -2.12. The van der Waals surface area contributed by atoms with Gasteiger partial charge >= 0.3 is 0 Å². The first kappa shape index (κ1) is 14.6. The van der Waals surface area contributed by atoms with Gasteiger partial charge in [0.2, 0.25) is 5.91 Å². The smallest absolute Gasteiger partial charge is 0.227 e. The highest BCUT2D eigenvalue weighted by atomic mass is 16.5. The minimum Gasteiger partial charge on any atom is -0.489 e. The first-order valence-corrected chi connectivity index (χ1v) is 7.89. The van der Waals surface area contributed by atoms with Gasteiger partial charge in [0.25, 0.3) is 0 Å². The molecule has 1 fully saturated rings. The topological polar surface area (TPSA) is 38.3 Å². The second kappa shape index (κ2) is 7.12. The number of ether oxygens (including phenoxy) is 1. The lowest BCUT2D eigenvalue weighted by molar-refractivity contribution is -0.119. The molecule has 1 saturated carbocycles. The fraction of sp³-hybridized carbons (Fsp3) is 0.316. The van der Waals surface area contributed by atoms with Crippen LogP contribution in [0.3, 0.4) is 0 Å². The van der Waals surface area contributed by atoms with Gasteiger partial charge in [0.1, 0.15) is 12.4 Å². The molecular weight excluding hydrogens is 274 g/mol. The number of carbonyl (C=O) groups is 1. The summed E-state index contributed by atoms with van der Waals surface area (Å²) in [7, 11) is 0. The second-order valence-corrected chi connectivity index (χ2v) is 5.77. The highest BCUT2D eigenvalue weighted by Gasteiger charge is 2.22. The van der Waals surface area contributed by atoms with Crippen LogP contribution in [0, 0.1) is 5.92 Å². The average Bonchev–Trinajstić information content (AvgIpc) is 3.09. The Morgan fingerprint density at radius 2 is 1.82 bits per heavy atom. The monoisotopic (exact) mass is 295 g/mol. The van der Waals surface area contributed by atoms with Crippen LogP contribution < -0.4 is 10.1 Å². The van der Waals surface area contributed by atoms with Crippen molar-refractivity contribution in [1.29, 1.82) is 0 Å². The van der Waals surface area contributed by atoms with E-state index in [9.17, 15) is 4.79 Å². The molecule has 2 aromatic carbocycles. The van der Waals surface area contributed by atoms with Crippen molar-refractivity contribution < 1.29 is 9.53 Å². The molecule has 0 radical (unpaired) electrons. The summed E-state index contributed by atoms with van der Waals surface area (Å²) in [6.45, 7) is 0.529. The maximum absolute atomic E-state index is 12.2. The summed E-state index contributed by atoms with van der Waals surface area (Å²) < 4.78 is 5.79. The highest BCUT2D eigenvalue weighted by molar-refractivity contribution is 5.92. The first-order chi connectivity index (χ1) is 10.8. The maximum Gasteiger partial charge on any atom is 0.227 e. The van der Waals surface area contributed by atoms with Gasteiger partial charge in [0, 0.05) is 17.7 Å². The van der Waals surface area contributed by atoms with E-state index in [1.807, 2.05) is 54.6 Å². The number of hydrogen-bond acceptors (Lipinski definition) is 2. The summed E-state index contributed by atoms with van der Waals surface area (Å²) in [5, 5.41) is 3.00. The third kappa shape index (κ3) is 3.88. The fourth-order valence-corrected chi connectivity index (χ4v) is 2.84. The molecule has 1 amide bonds. The van der Waals surface area contributed by atoms with Crippen LogP contribution in [0.25, 0.3) is 0 Å². The number of anilines is 1. The molecule has 3 heteroatoms. The van der Waals surface area contributed by atoms with Crippen molar-refractivity contribution in [2.75, 3.05) is 5.32 Å². The summed E-state index contributed by atoms with van der Waals surface area (Å²) in [5.41, 5.74) is 1.94. The van der Waals surface area contributed by atoms with Crippen molar-refractivity contribution in [2.45, 2.75) is 32.3 Å². The Hall–Kier alpha value is -2.29. The molecule has 114 valence electrons. The van der Waals surface area contributed by atoms with Crippen molar-refractivity contribution >= 4 is 11.6 Å². The lowest BCUT2D eigenvalue weighted by atomic mass is 10.1. The first-order valence-electron chi connectivity index (χ1n) is 7.89. The zero-order valence-corrected chi connectivity index (χ0v) is 12.6. The molecule has 0 spiro atoms. The van der Waals surface area contributed by atoms with E-state index < -0.39 is 0 Å². The van der Waals surface area contributed by atoms with Crippen LogP contribution in [0.5, 0.6) is 5.75 Å². The van der Waals surface area contributed by atoms with Crippen molar-refractivity contribution in [2.24, 2.45) is 5.92 Å². The van der Waals surface area contributed by atoms with Crippen LogP contribution in [-0.2, 0) is 11.4 Å². The summed E-state index contributed by atoms with van der Waals surface area (Å²) in [6.07, 6.45) is 4.35. The number of carbonyl (C=O) groups excluding carboxylic acids is 1. The van der Waals surface area contributed by atoms with Gasteiger partial charge in [0.15, 0.2) is 0 Å². The molecule has 1 aliphatic rings. The Morgan fingerprint density at radius 3 is 2.59 bits per heavy atom. The highest BCUT2D eigenvalue weighted by Crippen LogP contribution is 2.26. The Morgan fingerprint density at radius 1 is 1.05 bits per heavy atom. The molecule has 22 heavy (non-hydrogen) atoms. The summed E-state index contributed by atoms with van der Waals surface area (Å²) in [4.78, 5) is 12.2. The third-order valence-electron chi connectivity index (χ3n) is 4.08. The molecule has 0 heterocycles. The summed E-state index contributed by atoms with van der Waals surface area (Å²) in [6, 6.07) is 17.7. The van der Waals surface area contributed by atoms with Crippen LogP contribution >= 0.6 is 0 Å². The maximum atomic E-state index is 12.2. The predicted molar refractivity (Wildman–Crippen MR) is 87.8 cm³/mol. The minimum absolute atomic E-state index is 0.137. The van der Waals surface area contributed by atoms with Crippen LogP contribution in [0.15, 0.2) is 54.6 Å². The Balaban J connectivity index is 1.58. The van der Waals surface area contributed by atoms with Crippen molar-refractivity contribution in [3.05, 3.63) is 60.2 Å². The lowest BCUT2D eigenvalue weighted by Crippen LogP contribution is -2.20. The van der Waals surface area contributed by atoms with Crippen LogP contribution in [0.4, 0.5) is 5.69 Å². The van der Waals surface area contributed by atoms with Crippen molar-refractivity contribution in [3.8, 4) is 5.75 Å². The van der Waals surface area contributed by atoms with Crippen LogP contribution in [0.1, 0.15) is 31.2 Å². The van der Waals surface area contributed by atoms with Gasteiger partial charge in [-0.05, 0) is 30.5 Å². The number of rotatable bonds is 5. The van der Waals surface area contributed by atoms with Gasteiger partial charge in [-0.25, -0.2) is 0 Å². The molecule has 3 nitrogen and oxygen atoms in total. The van der Waals surface area contributed by atoms with Gasteiger partial charge < -0.3 is 10.1 Å². The SMILES string of the molecule is O=C(Nc1cccc(OCc2ccccc2)c1)C1CCCC1. The molecule has 0 unspecified atom stereocenters. The standard InChI is InChI=1S/C19H21NO2/c21-19(16-9-4-5-10-16)20-17-11-6-12-18(13-17)22-14-15-7-2-1-3-8-15/h1-3,6-8,11-13,16H,4-5,9-10,14H2,(H,20,21). The Labute approximate surface area is 131 Å². The molecule has 0 bridgehead atoms. The van der Waals surface area contributed by atoms with Crippen molar-refractivity contribution in [1.82, 2.24) is 0 Å². The van der Waals surface area contributed by atoms with E-state index in [1.54, 1.807) is 0 Å². The van der Waals surface area contributed by atoms with E-state index in [-0.39, 0.29) is 11.8 Å². The van der Waals surface area contributed by atoms with E-state index in [0.29, 0.717) is 6.61 Å². The number of benzene rings is 2. The van der Waals surface area contributed by atoms with Gasteiger partial charge in [-0.1, -0.05) is 49.2 Å². The predicted octanol–water partition coefficient (Wildman–Crippen LogP) is 4.39. The van der Waals surface area contributed by atoms with E-state index in [1.165, 1.54) is 0 Å². The minimum atomic E-state index is 0.137. The zero-order valence-electron chi connectivity index (χ0n) is 12.6. The third-order valence-corrected chi connectivity index (χ3v) is 4.08. The largest absolute Gasteiger partial charge is 0.489 e. The molecule has 3 rings (SSSR count). The van der Waals surface area contributed by atoms with Crippen LogP contribution in [0.2, 0.25) is 0 Å². The van der Waals surface area contributed by atoms with Crippen molar-refractivity contribution in [3.63, 3.8) is 0 Å². The fourth-order valence-electron chi connectivity index (χ4n) is 2.84. The molecule has 2 aromatic rings. The van der Waals surface area contributed by atoms with E-state index in [4.69, 9.17) is 4.74 Å². The number of amides is 1. The van der Waals surface area contributed by atoms with E-state index >= 15 is 0 Å². The summed E-state index contributed by atoms with van der Waals surface area (Å²) in [5.74, 6) is 1.08. The molecule has 1 aliphatic carbocycles. The Kier molecular flexibility index (Phi) is 4.74. The number of nitrogens with one attached hydrogen (secondary N) is 1. The quantitative estimate of drug-likeness (QED) is 0.888.